The van der Waals surface area contributed by atoms with Gasteiger partial charge in [0.15, 0.2) is 0 Å². The van der Waals surface area contributed by atoms with Crippen LogP contribution in [0.5, 0.6) is 0 Å². The number of hydrogen-bond acceptors (Lipinski definition) is 4. The fourth-order valence-electron chi connectivity index (χ4n) is 2.42. The number of alkyl halides is 3. The zero-order chi connectivity index (χ0) is 17.3. The maximum absolute atomic E-state index is 12.6. The molecule has 5 nitrogen and oxygen atoms in total. The maximum atomic E-state index is 12.6. The molecule has 128 valence electrons. The molecular formula is C15H21F3N4O. The van der Waals surface area contributed by atoms with E-state index in [-0.39, 0.29) is 11.9 Å². The molecule has 0 saturated carbocycles. The van der Waals surface area contributed by atoms with Gasteiger partial charge in [0.1, 0.15) is 5.82 Å². The molecule has 8 heteroatoms. The van der Waals surface area contributed by atoms with E-state index in [0.717, 1.165) is 25.1 Å². The summed E-state index contributed by atoms with van der Waals surface area (Å²) in [6, 6.07) is 2.29. The second-order valence-corrected chi connectivity index (χ2v) is 6.38. The molecular weight excluding hydrogens is 309 g/mol. The molecule has 1 amide bonds. The van der Waals surface area contributed by atoms with Gasteiger partial charge in [-0.3, -0.25) is 4.79 Å². The molecule has 0 spiro atoms. The molecule has 1 saturated heterocycles. The van der Waals surface area contributed by atoms with Crippen molar-refractivity contribution in [2.24, 2.45) is 5.73 Å². The summed E-state index contributed by atoms with van der Waals surface area (Å²) in [5.74, 6) is 0.230. The highest BCUT2D eigenvalue weighted by molar-refractivity contribution is 5.85. The molecule has 1 atom stereocenters. The summed E-state index contributed by atoms with van der Waals surface area (Å²) in [4.78, 5) is 17.7. The minimum Gasteiger partial charge on any atom is -0.355 e. The van der Waals surface area contributed by atoms with Crippen molar-refractivity contribution in [2.45, 2.75) is 44.4 Å². The number of nitrogens with two attached hydrogens (primary N) is 1. The second-order valence-electron chi connectivity index (χ2n) is 6.38. The third-order valence-corrected chi connectivity index (χ3v) is 3.74. The van der Waals surface area contributed by atoms with Crippen LogP contribution in [-0.4, -0.2) is 35.6 Å². The number of aromatic nitrogens is 1. The fourth-order valence-corrected chi connectivity index (χ4v) is 2.42. The van der Waals surface area contributed by atoms with Crippen LogP contribution in [0.15, 0.2) is 18.3 Å². The van der Waals surface area contributed by atoms with Crippen molar-refractivity contribution >= 4 is 11.7 Å². The lowest BCUT2D eigenvalue weighted by atomic mass is 10.0. The predicted molar refractivity (Wildman–Crippen MR) is 80.9 cm³/mol. The first-order valence-electron chi connectivity index (χ1n) is 7.45. The van der Waals surface area contributed by atoms with Gasteiger partial charge in [0.2, 0.25) is 5.91 Å². The van der Waals surface area contributed by atoms with Crippen molar-refractivity contribution in [2.75, 3.05) is 18.0 Å². The van der Waals surface area contributed by atoms with E-state index in [1.165, 1.54) is 6.07 Å². The first kappa shape index (κ1) is 17.5. The third kappa shape index (κ3) is 4.57. The summed E-state index contributed by atoms with van der Waals surface area (Å²) in [6.45, 7) is 4.44. The van der Waals surface area contributed by atoms with E-state index in [2.05, 4.69) is 10.3 Å². The molecule has 0 unspecified atom stereocenters. The third-order valence-electron chi connectivity index (χ3n) is 3.74. The van der Waals surface area contributed by atoms with Crippen molar-refractivity contribution in [3.8, 4) is 0 Å². The van der Waals surface area contributed by atoms with Crippen LogP contribution in [0.3, 0.4) is 0 Å². The molecule has 0 aromatic carbocycles. The Balaban J connectivity index is 2.02. The number of nitrogens with zero attached hydrogens (tertiary/aromatic N) is 2. The summed E-state index contributed by atoms with van der Waals surface area (Å²) in [5.41, 5.74) is 4.02. The van der Waals surface area contributed by atoms with E-state index in [0.29, 0.717) is 18.9 Å². The van der Waals surface area contributed by atoms with Gasteiger partial charge in [-0.15, -0.1) is 0 Å². The normalized spacial score (nSPS) is 19.6. The Hall–Kier alpha value is -1.83. The van der Waals surface area contributed by atoms with E-state index in [9.17, 15) is 18.0 Å². The molecule has 1 aromatic rings. The largest absolute Gasteiger partial charge is 0.417 e. The number of anilines is 1. The monoisotopic (exact) mass is 330 g/mol. The van der Waals surface area contributed by atoms with Crippen molar-refractivity contribution in [3.05, 3.63) is 23.9 Å². The zero-order valence-corrected chi connectivity index (χ0v) is 13.2. The first-order chi connectivity index (χ1) is 10.6. The van der Waals surface area contributed by atoms with Gasteiger partial charge in [-0.2, -0.15) is 13.2 Å². The Morgan fingerprint density at radius 1 is 1.39 bits per heavy atom. The van der Waals surface area contributed by atoms with Crippen LogP contribution >= 0.6 is 0 Å². The van der Waals surface area contributed by atoms with E-state index in [1.807, 2.05) is 4.90 Å². The lowest BCUT2D eigenvalue weighted by Gasteiger charge is -2.35. The van der Waals surface area contributed by atoms with Gasteiger partial charge in [0, 0.05) is 25.3 Å². The number of pyridine rings is 1. The molecule has 2 heterocycles. The summed E-state index contributed by atoms with van der Waals surface area (Å²) >= 11 is 0. The molecule has 0 bridgehead atoms. The van der Waals surface area contributed by atoms with Crippen molar-refractivity contribution in [1.82, 2.24) is 10.3 Å². The van der Waals surface area contributed by atoms with Gasteiger partial charge in [0.25, 0.3) is 0 Å². The van der Waals surface area contributed by atoms with Crippen LogP contribution in [0, 0.1) is 0 Å². The summed E-state index contributed by atoms with van der Waals surface area (Å²) < 4.78 is 37.7. The number of carbonyl (C=O) groups is 1. The standard InChI is InChI=1S/C15H21F3N4O/c1-14(2,19)13(23)21-11-4-3-7-22(9-11)12-6-5-10(8-20-12)15(16,17)18/h5-6,8,11H,3-4,7,9,19H2,1-2H3,(H,21,23)/t11-/m1/s1. The Morgan fingerprint density at radius 2 is 2.09 bits per heavy atom. The van der Waals surface area contributed by atoms with Gasteiger partial charge >= 0.3 is 6.18 Å². The highest BCUT2D eigenvalue weighted by atomic mass is 19.4. The van der Waals surface area contributed by atoms with E-state index in [1.54, 1.807) is 13.8 Å². The SMILES string of the molecule is CC(C)(N)C(=O)N[C@@H]1CCCN(c2ccc(C(F)(F)F)cn2)C1. The average Bonchev–Trinajstić information content (AvgIpc) is 2.46. The second kappa shape index (κ2) is 6.35. The number of rotatable bonds is 3. The molecule has 0 aliphatic carbocycles. The van der Waals surface area contributed by atoms with Crippen LogP contribution < -0.4 is 16.0 Å². The maximum Gasteiger partial charge on any atom is 0.417 e. The number of nitrogens with one attached hydrogen (secondary N) is 1. The average molecular weight is 330 g/mol. The number of amides is 1. The number of halogens is 3. The fraction of sp³-hybridized carbons (Fsp3) is 0.600. The zero-order valence-electron chi connectivity index (χ0n) is 13.2. The highest BCUT2D eigenvalue weighted by Crippen LogP contribution is 2.29. The predicted octanol–water partition coefficient (Wildman–Crippen LogP) is 1.92. The Labute approximate surface area is 133 Å². The molecule has 1 aromatic heterocycles. The van der Waals surface area contributed by atoms with Crippen LogP contribution in [-0.2, 0) is 11.0 Å². The van der Waals surface area contributed by atoms with E-state index >= 15 is 0 Å². The molecule has 1 aliphatic heterocycles. The summed E-state index contributed by atoms with van der Waals surface area (Å²) in [7, 11) is 0. The number of hydrogen-bond donors (Lipinski definition) is 2. The quantitative estimate of drug-likeness (QED) is 0.888. The van der Waals surface area contributed by atoms with Gasteiger partial charge in [-0.1, -0.05) is 0 Å². The van der Waals surface area contributed by atoms with Gasteiger partial charge < -0.3 is 16.0 Å². The summed E-state index contributed by atoms with van der Waals surface area (Å²) in [5, 5.41) is 2.88. The lowest BCUT2D eigenvalue weighted by Crippen LogP contribution is -2.56. The molecule has 1 fully saturated rings. The minimum absolute atomic E-state index is 0.0943. The molecule has 0 radical (unpaired) electrons. The van der Waals surface area contributed by atoms with E-state index < -0.39 is 17.3 Å². The molecule has 1 aliphatic rings. The Kier molecular flexibility index (Phi) is 4.84. The van der Waals surface area contributed by atoms with Crippen LogP contribution in [0.1, 0.15) is 32.3 Å². The lowest BCUT2D eigenvalue weighted by molar-refractivity contribution is -0.137. The topological polar surface area (TPSA) is 71.2 Å². The van der Waals surface area contributed by atoms with Gasteiger partial charge in [-0.25, -0.2) is 4.98 Å². The molecule has 3 N–H and O–H groups in total. The number of carbonyl (C=O) groups excluding carboxylic acids is 1. The van der Waals surface area contributed by atoms with Gasteiger partial charge in [0.05, 0.1) is 11.1 Å². The van der Waals surface area contributed by atoms with E-state index in [4.69, 9.17) is 5.73 Å². The van der Waals surface area contributed by atoms with Crippen molar-refractivity contribution in [3.63, 3.8) is 0 Å². The Morgan fingerprint density at radius 3 is 2.61 bits per heavy atom. The smallest absolute Gasteiger partial charge is 0.355 e. The highest BCUT2D eigenvalue weighted by Gasteiger charge is 2.31. The molecule has 23 heavy (non-hydrogen) atoms. The van der Waals surface area contributed by atoms with Gasteiger partial charge in [-0.05, 0) is 38.8 Å². The van der Waals surface area contributed by atoms with Crippen LogP contribution in [0.2, 0.25) is 0 Å². The summed E-state index contributed by atoms with van der Waals surface area (Å²) in [6.07, 6.45) is -1.94. The van der Waals surface area contributed by atoms with Crippen LogP contribution in [0.25, 0.3) is 0 Å². The molecule has 2 rings (SSSR count). The van der Waals surface area contributed by atoms with Crippen LogP contribution in [0.4, 0.5) is 19.0 Å². The van der Waals surface area contributed by atoms with Crippen molar-refractivity contribution in [1.29, 1.82) is 0 Å². The first-order valence-corrected chi connectivity index (χ1v) is 7.45. The Bertz CT molecular complexity index is 551. The number of piperidine rings is 1. The minimum atomic E-state index is -4.39. The van der Waals surface area contributed by atoms with Crippen molar-refractivity contribution < 1.29 is 18.0 Å².